The van der Waals surface area contributed by atoms with Crippen molar-refractivity contribution >= 4 is 34.4 Å². The molecule has 2 amide bonds. The Morgan fingerprint density at radius 3 is 2.12 bits per heavy atom. The summed E-state index contributed by atoms with van der Waals surface area (Å²) in [6.07, 6.45) is 0. The van der Waals surface area contributed by atoms with Crippen LogP contribution in [0.4, 0.5) is 17.1 Å². The lowest BCUT2D eigenvalue weighted by Crippen LogP contribution is -2.32. The lowest BCUT2D eigenvalue weighted by Gasteiger charge is -2.15. The van der Waals surface area contributed by atoms with Crippen LogP contribution in [0, 0.1) is 21.4 Å². The molecule has 33 heavy (non-hydrogen) atoms. The van der Waals surface area contributed by atoms with Crippen LogP contribution < -0.4 is 15.0 Å². The predicted molar refractivity (Wildman–Crippen MR) is 120 cm³/mol. The lowest BCUT2D eigenvalue weighted by molar-refractivity contribution is -0.384. The Kier molecular flexibility index (Phi) is 5.57. The Labute approximate surface area is 188 Å². The van der Waals surface area contributed by atoms with E-state index in [1.54, 1.807) is 24.3 Å². The summed E-state index contributed by atoms with van der Waals surface area (Å²) in [5, 5.41) is 23.0. The number of rotatable bonds is 6. The number of non-ortho nitro benzene ring substituents is 1. The molecule has 9 nitrogen and oxygen atoms in total. The average molecular weight is 440 g/mol. The maximum absolute atomic E-state index is 13.4. The Bertz CT molecular complexity index is 1320. The number of carbonyl (C=O) groups is 2. The molecule has 0 aromatic heterocycles. The monoisotopic (exact) mass is 440 g/mol. The van der Waals surface area contributed by atoms with Crippen LogP contribution >= 0.6 is 0 Å². The molecule has 9 heteroatoms. The first-order valence-electron chi connectivity index (χ1n) is 9.72. The fourth-order valence-electron chi connectivity index (χ4n) is 3.40. The van der Waals surface area contributed by atoms with Gasteiger partial charge in [-0.05, 0) is 66.2 Å². The van der Waals surface area contributed by atoms with Crippen LogP contribution in [0.2, 0.25) is 0 Å². The van der Waals surface area contributed by atoms with Gasteiger partial charge in [0.1, 0.15) is 11.4 Å². The number of hydrogen-bond donors (Lipinski definition) is 1. The van der Waals surface area contributed by atoms with E-state index in [0.717, 1.165) is 4.90 Å². The fourth-order valence-corrected chi connectivity index (χ4v) is 3.40. The smallest absolute Gasteiger partial charge is 0.282 e. The number of anilines is 2. The summed E-state index contributed by atoms with van der Waals surface area (Å²) in [6.45, 7) is 0. The first kappa shape index (κ1) is 21.3. The molecule has 1 N–H and O–H groups in total. The molecule has 3 aromatic carbocycles. The van der Waals surface area contributed by atoms with Crippen molar-refractivity contribution < 1.29 is 19.2 Å². The average Bonchev–Trinajstić information content (AvgIpc) is 3.08. The summed E-state index contributed by atoms with van der Waals surface area (Å²) in [7, 11) is 1.53. The molecule has 1 aliphatic rings. The van der Waals surface area contributed by atoms with E-state index in [9.17, 15) is 19.7 Å². The second-order valence-electron chi connectivity index (χ2n) is 7.01. The summed E-state index contributed by atoms with van der Waals surface area (Å²) >= 11 is 0. The van der Waals surface area contributed by atoms with Gasteiger partial charge in [-0.25, -0.2) is 4.90 Å². The third-order valence-electron chi connectivity index (χ3n) is 5.06. The topological polar surface area (TPSA) is 126 Å². The molecule has 0 bridgehead atoms. The molecular formula is C24H16N4O5. The van der Waals surface area contributed by atoms with Crippen LogP contribution in [0.3, 0.4) is 0 Å². The quantitative estimate of drug-likeness (QED) is 0.350. The van der Waals surface area contributed by atoms with Gasteiger partial charge in [0.25, 0.3) is 17.5 Å². The number of nitrogens with zero attached hydrogens (tertiary/aromatic N) is 3. The summed E-state index contributed by atoms with van der Waals surface area (Å²) in [4.78, 5) is 38.2. The molecule has 1 aliphatic heterocycles. The van der Waals surface area contributed by atoms with E-state index < -0.39 is 16.7 Å². The van der Waals surface area contributed by atoms with E-state index >= 15 is 0 Å². The minimum Gasteiger partial charge on any atom is -0.497 e. The van der Waals surface area contributed by atoms with Crippen molar-refractivity contribution in [2.45, 2.75) is 0 Å². The number of carbonyl (C=O) groups excluding carboxylic acids is 2. The molecule has 0 saturated heterocycles. The Hall–Kier alpha value is -4.97. The number of hydrogen-bond acceptors (Lipinski definition) is 7. The molecule has 1 heterocycles. The van der Waals surface area contributed by atoms with Crippen molar-refractivity contribution in [3.63, 3.8) is 0 Å². The highest BCUT2D eigenvalue weighted by Crippen LogP contribution is 2.34. The van der Waals surface area contributed by atoms with Gasteiger partial charge in [-0.3, -0.25) is 19.7 Å². The van der Waals surface area contributed by atoms with E-state index in [2.05, 4.69) is 5.32 Å². The Balaban J connectivity index is 1.78. The van der Waals surface area contributed by atoms with Gasteiger partial charge in [-0.1, -0.05) is 0 Å². The van der Waals surface area contributed by atoms with Gasteiger partial charge in [0, 0.05) is 17.8 Å². The molecule has 0 aliphatic carbocycles. The summed E-state index contributed by atoms with van der Waals surface area (Å²) in [6, 6.07) is 20.2. The first-order chi connectivity index (χ1) is 15.9. The molecule has 4 rings (SSSR count). The summed E-state index contributed by atoms with van der Waals surface area (Å²) in [5.41, 5.74) is 1.57. The minimum atomic E-state index is -0.589. The Morgan fingerprint density at radius 1 is 0.939 bits per heavy atom. The van der Waals surface area contributed by atoms with E-state index in [4.69, 9.17) is 10.00 Å². The van der Waals surface area contributed by atoms with Gasteiger partial charge in [0.15, 0.2) is 0 Å². The van der Waals surface area contributed by atoms with Gasteiger partial charge in [0.05, 0.1) is 34.9 Å². The van der Waals surface area contributed by atoms with Crippen molar-refractivity contribution in [2.24, 2.45) is 0 Å². The van der Waals surface area contributed by atoms with E-state index in [1.807, 2.05) is 6.07 Å². The van der Waals surface area contributed by atoms with Gasteiger partial charge < -0.3 is 10.1 Å². The minimum absolute atomic E-state index is 0.0309. The normalized spacial score (nSPS) is 13.2. The van der Waals surface area contributed by atoms with Crippen LogP contribution in [0.15, 0.2) is 78.5 Å². The number of amides is 2. The second-order valence-corrected chi connectivity index (χ2v) is 7.01. The van der Waals surface area contributed by atoms with Gasteiger partial charge in [-0.2, -0.15) is 5.26 Å². The zero-order valence-corrected chi connectivity index (χ0v) is 17.3. The standard InChI is InChI=1S/C24H16N4O5/c1-33-20-12-6-17(7-13-20)26-22-21(16-4-10-19(11-5-16)28(31)32)23(29)27(24(22)30)18-8-2-15(14-25)3-9-18/h2-13,26H,1H3. The fraction of sp³-hybridized carbons (Fsp3) is 0.0417. The van der Waals surface area contributed by atoms with E-state index in [-0.39, 0.29) is 17.0 Å². The maximum atomic E-state index is 13.4. The number of nitriles is 1. The Morgan fingerprint density at radius 2 is 1.58 bits per heavy atom. The molecule has 0 fully saturated rings. The van der Waals surface area contributed by atoms with Crippen molar-refractivity contribution in [3.05, 3.63) is 99.7 Å². The zero-order chi connectivity index (χ0) is 23.5. The summed E-state index contributed by atoms with van der Waals surface area (Å²) in [5.74, 6) is -0.554. The van der Waals surface area contributed by atoms with E-state index in [1.165, 1.54) is 55.6 Å². The maximum Gasteiger partial charge on any atom is 0.282 e. The van der Waals surface area contributed by atoms with Gasteiger partial charge >= 0.3 is 0 Å². The van der Waals surface area contributed by atoms with Crippen LogP contribution in [-0.4, -0.2) is 23.8 Å². The van der Waals surface area contributed by atoms with Crippen LogP contribution in [-0.2, 0) is 9.59 Å². The molecule has 162 valence electrons. The van der Waals surface area contributed by atoms with Gasteiger partial charge in [-0.15, -0.1) is 0 Å². The third kappa shape index (κ3) is 4.00. The number of ether oxygens (including phenoxy) is 1. The molecule has 0 saturated carbocycles. The number of imide groups is 1. The SMILES string of the molecule is COc1ccc(NC2=C(c3ccc([N+](=O)[O-])cc3)C(=O)N(c3ccc(C#N)cc3)C2=O)cc1. The number of nitro groups is 1. The van der Waals surface area contributed by atoms with Crippen molar-refractivity contribution in [3.8, 4) is 11.8 Å². The van der Waals surface area contributed by atoms with Crippen molar-refractivity contribution in [2.75, 3.05) is 17.3 Å². The van der Waals surface area contributed by atoms with Crippen molar-refractivity contribution in [1.82, 2.24) is 0 Å². The largest absolute Gasteiger partial charge is 0.497 e. The number of methoxy groups -OCH3 is 1. The molecular weight excluding hydrogens is 424 g/mol. The number of nitro benzene ring substituents is 1. The molecule has 0 atom stereocenters. The summed E-state index contributed by atoms with van der Waals surface area (Å²) < 4.78 is 5.15. The van der Waals surface area contributed by atoms with E-state index in [0.29, 0.717) is 28.3 Å². The predicted octanol–water partition coefficient (Wildman–Crippen LogP) is 3.87. The highest BCUT2D eigenvalue weighted by Gasteiger charge is 2.40. The lowest BCUT2D eigenvalue weighted by atomic mass is 10.0. The molecule has 0 spiro atoms. The highest BCUT2D eigenvalue weighted by atomic mass is 16.6. The zero-order valence-electron chi connectivity index (χ0n) is 17.3. The first-order valence-corrected chi connectivity index (χ1v) is 9.72. The van der Waals surface area contributed by atoms with Crippen molar-refractivity contribution in [1.29, 1.82) is 5.26 Å². The van der Waals surface area contributed by atoms with Crippen LogP contribution in [0.25, 0.3) is 5.57 Å². The number of nitrogens with one attached hydrogen (secondary N) is 1. The number of benzene rings is 3. The van der Waals surface area contributed by atoms with Gasteiger partial charge in [0.2, 0.25) is 0 Å². The molecule has 0 unspecified atom stereocenters. The highest BCUT2D eigenvalue weighted by molar-refractivity contribution is 6.46. The van der Waals surface area contributed by atoms with Crippen LogP contribution in [0.1, 0.15) is 11.1 Å². The second kappa shape index (κ2) is 8.64. The molecule has 3 aromatic rings. The van der Waals surface area contributed by atoms with Crippen LogP contribution in [0.5, 0.6) is 5.75 Å². The third-order valence-corrected chi connectivity index (χ3v) is 5.06. The molecule has 0 radical (unpaired) electrons.